The Kier molecular flexibility index (Phi) is 5.82. The van der Waals surface area contributed by atoms with Gasteiger partial charge in [0.15, 0.2) is 8.32 Å². The van der Waals surface area contributed by atoms with E-state index in [-0.39, 0.29) is 11.0 Å². The molecule has 2 atom stereocenters. The van der Waals surface area contributed by atoms with Gasteiger partial charge in [0.05, 0.1) is 0 Å². The smallest absolute Gasteiger partial charge is 0.191 e. The minimum absolute atomic E-state index is 0.266. The molecular weight excluding hydrogens is 264 g/mol. The minimum atomic E-state index is -1.63. The van der Waals surface area contributed by atoms with Gasteiger partial charge < -0.3 is 9.53 Å². The van der Waals surface area contributed by atoms with Gasteiger partial charge in [-0.2, -0.15) is 0 Å². The molecule has 0 aromatic rings. The van der Waals surface area contributed by atoms with Gasteiger partial charge in [0, 0.05) is 6.61 Å². The first-order chi connectivity index (χ1) is 9.12. The van der Waals surface area contributed by atoms with Crippen molar-refractivity contribution in [1.82, 2.24) is 0 Å². The highest BCUT2D eigenvalue weighted by atomic mass is 28.4. The third-order valence-corrected chi connectivity index (χ3v) is 9.55. The van der Waals surface area contributed by atoms with Crippen LogP contribution in [0.25, 0.3) is 0 Å². The molecule has 3 heteroatoms. The fraction of sp³-hybridized carbons (Fsp3) is 0.765. The molecule has 0 saturated heterocycles. The summed E-state index contributed by atoms with van der Waals surface area (Å²) in [5.41, 5.74) is -0.810. The molecule has 0 saturated carbocycles. The lowest BCUT2D eigenvalue weighted by molar-refractivity contribution is 0.0566. The van der Waals surface area contributed by atoms with E-state index in [2.05, 4.69) is 46.5 Å². The van der Waals surface area contributed by atoms with E-state index in [0.717, 1.165) is 32.3 Å². The van der Waals surface area contributed by atoms with Crippen molar-refractivity contribution >= 4 is 8.32 Å². The van der Waals surface area contributed by atoms with Crippen LogP contribution in [0, 0.1) is 5.92 Å². The maximum Gasteiger partial charge on any atom is 0.191 e. The van der Waals surface area contributed by atoms with Gasteiger partial charge in [-0.25, -0.2) is 0 Å². The van der Waals surface area contributed by atoms with Crippen molar-refractivity contribution in [3.05, 3.63) is 24.8 Å². The molecule has 1 aliphatic rings. The molecule has 20 heavy (non-hydrogen) atoms. The molecule has 1 N–H and O–H groups in total. The van der Waals surface area contributed by atoms with Crippen molar-refractivity contribution in [3.8, 4) is 0 Å². The molecule has 0 aromatic carbocycles. The van der Waals surface area contributed by atoms with Crippen LogP contribution < -0.4 is 0 Å². The van der Waals surface area contributed by atoms with E-state index in [1.54, 1.807) is 6.08 Å². The zero-order valence-electron chi connectivity index (χ0n) is 13.9. The number of hydrogen-bond donors (Lipinski definition) is 1. The molecule has 0 unspecified atom stereocenters. The molecule has 0 heterocycles. The van der Waals surface area contributed by atoms with Crippen molar-refractivity contribution in [1.29, 1.82) is 0 Å². The first kappa shape index (κ1) is 17.7. The van der Waals surface area contributed by atoms with Crippen LogP contribution in [0.5, 0.6) is 0 Å². The summed E-state index contributed by atoms with van der Waals surface area (Å²) in [6.45, 7) is 16.0. The SMILES string of the molecule is C=C[C@]1(O)C=CCC[C@H]1CCCO[Si](C)(C)C(C)(C)C. The van der Waals surface area contributed by atoms with Crippen LogP contribution in [0.1, 0.15) is 46.5 Å². The predicted molar refractivity (Wildman–Crippen MR) is 89.4 cm³/mol. The Hall–Kier alpha value is -0.383. The normalized spacial score (nSPS) is 27.6. The summed E-state index contributed by atoms with van der Waals surface area (Å²) in [7, 11) is -1.63. The number of hydrogen-bond acceptors (Lipinski definition) is 2. The topological polar surface area (TPSA) is 29.5 Å². The highest BCUT2D eigenvalue weighted by Gasteiger charge is 2.37. The maximum atomic E-state index is 10.5. The highest BCUT2D eigenvalue weighted by Crippen LogP contribution is 2.37. The van der Waals surface area contributed by atoms with Crippen LogP contribution in [-0.4, -0.2) is 25.6 Å². The van der Waals surface area contributed by atoms with Gasteiger partial charge in [-0.15, -0.1) is 0 Å². The number of aliphatic hydroxyl groups is 1. The standard InChI is InChI=1S/C17H32O2Si/c1-7-17(18)13-9-8-11-15(17)12-10-14-19-20(5,6)16(2,3)4/h7,9,13,15,18H,1,8,10-12,14H2,2-6H3/t15-,17-/m0/s1. The third-order valence-electron chi connectivity index (χ3n) is 5.01. The Morgan fingerprint density at radius 3 is 2.65 bits per heavy atom. The second-order valence-corrected chi connectivity index (χ2v) is 12.3. The van der Waals surface area contributed by atoms with Gasteiger partial charge in [0.1, 0.15) is 5.60 Å². The Balaban J connectivity index is 2.42. The Morgan fingerprint density at radius 1 is 1.45 bits per heavy atom. The van der Waals surface area contributed by atoms with Crippen LogP contribution >= 0.6 is 0 Å². The Labute approximate surface area is 126 Å². The maximum absolute atomic E-state index is 10.5. The number of allylic oxidation sites excluding steroid dienone is 1. The summed E-state index contributed by atoms with van der Waals surface area (Å²) in [4.78, 5) is 0. The summed E-state index contributed by atoms with van der Waals surface area (Å²) in [5, 5.41) is 10.8. The molecule has 116 valence electrons. The first-order valence-corrected chi connectivity index (χ1v) is 10.7. The summed E-state index contributed by atoms with van der Waals surface area (Å²) >= 11 is 0. The monoisotopic (exact) mass is 296 g/mol. The zero-order valence-corrected chi connectivity index (χ0v) is 14.9. The molecule has 2 nitrogen and oxygen atoms in total. The predicted octanol–water partition coefficient (Wildman–Crippen LogP) is 4.67. The van der Waals surface area contributed by atoms with E-state index in [4.69, 9.17) is 4.43 Å². The third kappa shape index (κ3) is 4.30. The summed E-state index contributed by atoms with van der Waals surface area (Å²) < 4.78 is 6.20. The minimum Gasteiger partial charge on any atom is -0.417 e. The molecule has 1 rings (SSSR count). The molecule has 0 aromatic heterocycles. The highest BCUT2D eigenvalue weighted by molar-refractivity contribution is 6.74. The lowest BCUT2D eigenvalue weighted by atomic mass is 9.77. The zero-order chi connectivity index (χ0) is 15.4. The van der Waals surface area contributed by atoms with E-state index < -0.39 is 13.9 Å². The Bertz CT molecular complexity index is 354. The molecule has 0 bridgehead atoms. The summed E-state index contributed by atoms with van der Waals surface area (Å²) in [6, 6.07) is 0. The molecule has 0 spiro atoms. The van der Waals surface area contributed by atoms with Crippen LogP contribution in [0.2, 0.25) is 18.1 Å². The van der Waals surface area contributed by atoms with E-state index >= 15 is 0 Å². The van der Waals surface area contributed by atoms with E-state index in [0.29, 0.717) is 0 Å². The van der Waals surface area contributed by atoms with Crippen LogP contribution in [0.15, 0.2) is 24.8 Å². The van der Waals surface area contributed by atoms with Crippen molar-refractivity contribution in [2.75, 3.05) is 6.61 Å². The first-order valence-electron chi connectivity index (χ1n) is 7.80. The molecular formula is C17H32O2Si. The summed E-state index contributed by atoms with van der Waals surface area (Å²) in [5.74, 6) is 0.285. The average molecular weight is 297 g/mol. The van der Waals surface area contributed by atoms with Gasteiger partial charge >= 0.3 is 0 Å². The van der Waals surface area contributed by atoms with E-state index in [1.165, 1.54) is 0 Å². The second kappa shape index (κ2) is 6.59. The fourth-order valence-corrected chi connectivity index (χ4v) is 3.51. The molecule has 0 amide bonds. The lowest BCUT2D eigenvalue weighted by Gasteiger charge is -2.37. The molecule has 0 fully saturated rings. The van der Waals surface area contributed by atoms with E-state index in [9.17, 15) is 5.11 Å². The molecule has 1 aliphatic carbocycles. The molecule has 0 aliphatic heterocycles. The van der Waals surface area contributed by atoms with E-state index in [1.807, 2.05) is 6.08 Å². The van der Waals surface area contributed by atoms with Crippen LogP contribution in [0.3, 0.4) is 0 Å². The largest absolute Gasteiger partial charge is 0.417 e. The van der Waals surface area contributed by atoms with Gasteiger partial charge in [0.2, 0.25) is 0 Å². The van der Waals surface area contributed by atoms with Gasteiger partial charge in [-0.05, 0) is 49.7 Å². The lowest BCUT2D eigenvalue weighted by Crippen LogP contribution is -2.41. The molecule has 0 radical (unpaired) electrons. The van der Waals surface area contributed by atoms with Gasteiger partial charge in [-0.3, -0.25) is 0 Å². The Morgan fingerprint density at radius 2 is 2.10 bits per heavy atom. The van der Waals surface area contributed by atoms with Crippen molar-refractivity contribution in [3.63, 3.8) is 0 Å². The second-order valence-electron chi connectivity index (χ2n) is 7.52. The average Bonchev–Trinajstić information content (AvgIpc) is 2.35. The fourth-order valence-electron chi connectivity index (χ4n) is 2.42. The van der Waals surface area contributed by atoms with Crippen LogP contribution in [0.4, 0.5) is 0 Å². The summed E-state index contributed by atoms with van der Waals surface area (Å²) in [6.07, 6.45) is 9.76. The van der Waals surface area contributed by atoms with Crippen LogP contribution in [-0.2, 0) is 4.43 Å². The van der Waals surface area contributed by atoms with Crippen molar-refractivity contribution < 1.29 is 9.53 Å². The van der Waals surface area contributed by atoms with Crippen molar-refractivity contribution in [2.45, 2.75) is 70.2 Å². The quantitative estimate of drug-likeness (QED) is 0.438. The van der Waals surface area contributed by atoms with Gasteiger partial charge in [0.25, 0.3) is 0 Å². The van der Waals surface area contributed by atoms with Crippen molar-refractivity contribution in [2.24, 2.45) is 5.92 Å². The van der Waals surface area contributed by atoms with Gasteiger partial charge in [-0.1, -0.05) is 45.6 Å². The number of rotatable bonds is 6.